The zero-order valence-corrected chi connectivity index (χ0v) is 21.6. The summed E-state index contributed by atoms with van der Waals surface area (Å²) < 4.78 is 3.79. The van der Waals surface area contributed by atoms with Crippen LogP contribution in [0.15, 0.2) is 78.0 Å². The molecule has 0 radical (unpaired) electrons. The monoisotopic (exact) mass is 531 g/mol. The molecule has 3 heterocycles. The van der Waals surface area contributed by atoms with Crippen molar-refractivity contribution in [3.05, 3.63) is 99.8 Å². The lowest BCUT2D eigenvalue weighted by Crippen LogP contribution is -2.10. The molecule has 10 heteroatoms. The van der Waals surface area contributed by atoms with Gasteiger partial charge in [0.2, 0.25) is 0 Å². The first kappa shape index (κ1) is 23.0. The lowest BCUT2D eigenvalue weighted by atomic mass is 9.88. The molecule has 7 nitrogen and oxygen atoms in total. The van der Waals surface area contributed by atoms with Gasteiger partial charge in [0.15, 0.2) is 10.8 Å². The molecule has 0 amide bonds. The highest BCUT2D eigenvalue weighted by Gasteiger charge is 2.25. The molecule has 6 rings (SSSR count). The van der Waals surface area contributed by atoms with E-state index in [9.17, 15) is 0 Å². The van der Waals surface area contributed by atoms with Gasteiger partial charge in [-0.2, -0.15) is 4.52 Å². The van der Waals surface area contributed by atoms with Gasteiger partial charge >= 0.3 is 0 Å². The maximum Gasteiger partial charge on any atom is 0.190 e. The van der Waals surface area contributed by atoms with Crippen LogP contribution in [0, 0.1) is 0 Å². The van der Waals surface area contributed by atoms with Crippen molar-refractivity contribution < 1.29 is 0 Å². The number of nitrogens with zero attached hydrogens (tertiary/aromatic N) is 7. The van der Waals surface area contributed by atoms with Crippen molar-refractivity contribution in [1.82, 2.24) is 34.8 Å². The van der Waals surface area contributed by atoms with Crippen LogP contribution >= 0.6 is 35.0 Å². The first-order chi connectivity index (χ1) is 17.5. The van der Waals surface area contributed by atoms with Crippen molar-refractivity contribution in [2.24, 2.45) is 7.05 Å². The fourth-order valence-corrected chi connectivity index (χ4v) is 5.40. The third-order valence-electron chi connectivity index (χ3n) is 6.29. The molecule has 0 spiro atoms. The molecule has 0 fully saturated rings. The van der Waals surface area contributed by atoms with E-state index in [1.54, 1.807) is 16.3 Å². The zero-order chi connectivity index (χ0) is 24.8. The SMILES string of the molecule is CSc1nnc(C(c2ccc(Cl)cc2)c2ccc3c(c2)c(-c2cccc(Cl)c2)cc2nnnn23)n1C. The van der Waals surface area contributed by atoms with Crippen LogP contribution in [0.25, 0.3) is 27.7 Å². The van der Waals surface area contributed by atoms with Gasteiger partial charge in [-0.1, -0.05) is 65.3 Å². The Morgan fingerprint density at radius 3 is 2.39 bits per heavy atom. The molecule has 0 N–H and O–H groups in total. The summed E-state index contributed by atoms with van der Waals surface area (Å²) >= 11 is 14.1. The number of halogens is 2. The van der Waals surface area contributed by atoms with Crippen molar-refractivity contribution in [2.45, 2.75) is 11.1 Å². The summed E-state index contributed by atoms with van der Waals surface area (Å²) in [5.41, 5.74) is 5.67. The van der Waals surface area contributed by atoms with Crippen LogP contribution in [-0.4, -0.2) is 41.1 Å². The van der Waals surface area contributed by atoms with Crippen LogP contribution in [-0.2, 0) is 7.05 Å². The molecule has 3 aromatic heterocycles. The molecule has 1 unspecified atom stereocenters. The standard InChI is InChI=1S/C26H19Cl2N7S/c1-34-25(30-31-26(34)36-2)24(15-6-9-18(27)10-7-15)17-8-11-22-21(13-17)20(14-23-29-32-33-35(22)23)16-4-3-5-19(28)12-16/h3-14,24H,1-2H3. The number of thioether (sulfide) groups is 1. The van der Waals surface area contributed by atoms with Gasteiger partial charge in [0, 0.05) is 22.5 Å². The second-order valence-electron chi connectivity index (χ2n) is 8.38. The van der Waals surface area contributed by atoms with Gasteiger partial charge in [-0.3, -0.25) is 0 Å². The summed E-state index contributed by atoms with van der Waals surface area (Å²) in [4.78, 5) is 0. The highest BCUT2D eigenvalue weighted by Crippen LogP contribution is 2.37. The molecule has 0 aliphatic carbocycles. The van der Waals surface area contributed by atoms with E-state index in [1.807, 2.05) is 72.5 Å². The highest BCUT2D eigenvalue weighted by molar-refractivity contribution is 7.98. The second kappa shape index (κ2) is 9.20. The molecule has 3 aromatic carbocycles. The minimum atomic E-state index is -0.165. The van der Waals surface area contributed by atoms with Crippen LogP contribution < -0.4 is 0 Å². The van der Waals surface area contributed by atoms with Gasteiger partial charge in [0.1, 0.15) is 5.82 Å². The molecule has 0 saturated carbocycles. The number of tetrazole rings is 1. The van der Waals surface area contributed by atoms with Crippen molar-refractivity contribution in [3.8, 4) is 11.1 Å². The summed E-state index contributed by atoms with van der Waals surface area (Å²) in [7, 11) is 1.99. The van der Waals surface area contributed by atoms with E-state index in [4.69, 9.17) is 23.2 Å². The minimum absolute atomic E-state index is 0.165. The average Bonchev–Trinajstić information content (AvgIpc) is 3.51. The van der Waals surface area contributed by atoms with E-state index < -0.39 is 0 Å². The first-order valence-electron chi connectivity index (χ1n) is 11.1. The normalized spacial score (nSPS) is 12.4. The maximum atomic E-state index is 6.35. The summed E-state index contributed by atoms with van der Waals surface area (Å²) in [6.45, 7) is 0. The third kappa shape index (κ3) is 3.91. The van der Waals surface area contributed by atoms with E-state index in [0.29, 0.717) is 15.7 Å². The summed E-state index contributed by atoms with van der Waals surface area (Å²) in [5, 5.41) is 24.5. The fourth-order valence-electron chi connectivity index (χ4n) is 4.59. The number of benzene rings is 3. The topological polar surface area (TPSA) is 73.8 Å². The fraction of sp³-hybridized carbons (Fsp3) is 0.115. The van der Waals surface area contributed by atoms with Crippen LogP contribution in [0.3, 0.4) is 0 Å². The van der Waals surface area contributed by atoms with E-state index >= 15 is 0 Å². The molecule has 0 bridgehead atoms. The Morgan fingerprint density at radius 1 is 0.833 bits per heavy atom. The molecule has 0 aliphatic rings. The number of fused-ring (bicyclic) bond motifs is 3. The number of hydrogen-bond acceptors (Lipinski definition) is 6. The van der Waals surface area contributed by atoms with Crippen molar-refractivity contribution in [3.63, 3.8) is 0 Å². The molecular formula is C26H19Cl2N7S. The number of aromatic nitrogens is 7. The third-order valence-corrected chi connectivity index (χ3v) is 7.50. The average molecular weight is 532 g/mol. The number of rotatable bonds is 5. The van der Waals surface area contributed by atoms with Gasteiger partial charge in [-0.25, -0.2) is 0 Å². The Balaban J connectivity index is 1.63. The molecule has 1 atom stereocenters. The summed E-state index contributed by atoms with van der Waals surface area (Å²) in [6, 6.07) is 24.0. The van der Waals surface area contributed by atoms with E-state index in [-0.39, 0.29) is 5.92 Å². The van der Waals surface area contributed by atoms with Gasteiger partial charge in [-0.15, -0.1) is 15.3 Å². The Bertz CT molecular complexity index is 1730. The van der Waals surface area contributed by atoms with Crippen LogP contribution in [0.4, 0.5) is 0 Å². The smallest absolute Gasteiger partial charge is 0.190 e. The lowest BCUT2D eigenvalue weighted by Gasteiger charge is -2.19. The zero-order valence-electron chi connectivity index (χ0n) is 19.3. The maximum absolute atomic E-state index is 6.35. The van der Waals surface area contributed by atoms with Crippen molar-refractivity contribution in [2.75, 3.05) is 6.26 Å². The van der Waals surface area contributed by atoms with E-state index in [1.165, 1.54) is 0 Å². The van der Waals surface area contributed by atoms with Crippen molar-refractivity contribution >= 4 is 51.5 Å². The summed E-state index contributed by atoms with van der Waals surface area (Å²) in [6.07, 6.45) is 2.00. The molecular weight excluding hydrogens is 513 g/mol. The highest BCUT2D eigenvalue weighted by atomic mass is 35.5. The summed E-state index contributed by atoms with van der Waals surface area (Å²) in [5.74, 6) is 0.677. The molecule has 0 saturated heterocycles. The van der Waals surface area contributed by atoms with Crippen molar-refractivity contribution in [1.29, 1.82) is 0 Å². The lowest BCUT2D eigenvalue weighted by molar-refractivity contribution is 0.717. The van der Waals surface area contributed by atoms with Gasteiger partial charge < -0.3 is 4.57 Å². The Labute approximate surface area is 221 Å². The minimum Gasteiger partial charge on any atom is -0.308 e. The molecule has 178 valence electrons. The Kier molecular flexibility index (Phi) is 5.87. The molecule has 36 heavy (non-hydrogen) atoms. The Morgan fingerprint density at radius 2 is 1.64 bits per heavy atom. The van der Waals surface area contributed by atoms with Crippen LogP contribution in [0.1, 0.15) is 22.9 Å². The van der Waals surface area contributed by atoms with Crippen LogP contribution in [0.5, 0.6) is 0 Å². The largest absolute Gasteiger partial charge is 0.308 e. The van der Waals surface area contributed by atoms with Gasteiger partial charge in [-0.05, 0) is 81.4 Å². The second-order valence-corrected chi connectivity index (χ2v) is 10.0. The molecule has 0 aliphatic heterocycles. The predicted octanol–water partition coefficient (Wildman–Crippen LogP) is 6.28. The quantitative estimate of drug-likeness (QED) is 0.243. The number of hydrogen-bond donors (Lipinski definition) is 0. The van der Waals surface area contributed by atoms with E-state index in [2.05, 4.69) is 43.9 Å². The molecule has 6 aromatic rings. The van der Waals surface area contributed by atoms with Crippen LogP contribution in [0.2, 0.25) is 10.0 Å². The number of pyridine rings is 1. The first-order valence-corrected chi connectivity index (χ1v) is 13.1. The van der Waals surface area contributed by atoms with Gasteiger partial charge in [0.05, 0.1) is 11.4 Å². The van der Waals surface area contributed by atoms with E-state index in [0.717, 1.165) is 44.1 Å². The Hall–Kier alpha value is -3.46. The predicted molar refractivity (Wildman–Crippen MR) is 144 cm³/mol. The van der Waals surface area contributed by atoms with Gasteiger partial charge in [0.25, 0.3) is 0 Å².